The summed E-state index contributed by atoms with van der Waals surface area (Å²) in [6, 6.07) is 6.21. The van der Waals surface area contributed by atoms with Gasteiger partial charge in [-0.05, 0) is 52.0 Å². The molecule has 0 aliphatic rings. The van der Waals surface area contributed by atoms with E-state index in [0.29, 0.717) is 0 Å². The summed E-state index contributed by atoms with van der Waals surface area (Å²) in [5, 5.41) is 0. The van der Waals surface area contributed by atoms with Gasteiger partial charge in [-0.1, -0.05) is 18.9 Å². The number of nitrogens with zero attached hydrogens (tertiary/aromatic N) is 2. The predicted octanol–water partition coefficient (Wildman–Crippen LogP) is 2.34. The third kappa shape index (κ3) is 6.39. The van der Waals surface area contributed by atoms with Crippen molar-refractivity contribution in [2.45, 2.75) is 39.2 Å². The van der Waals surface area contributed by atoms with Gasteiger partial charge in [-0.3, -0.25) is 4.98 Å². The van der Waals surface area contributed by atoms with E-state index in [-0.39, 0.29) is 0 Å². The van der Waals surface area contributed by atoms with Crippen LogP contribution in [0.3, 0.4) is 0 Å². The predicted molar refractivity (Wildman–Crippen MR) is 72.8 cm³/mol. The highest BCUT2D eigenvalue weighted by Gasteiger charge is 2.01. The molecule has 0 fully saturated rings. The van der Waals surface area contributed by atoms with Crippen LogP contribution in [0.25, 0.3) is 0 Å². The second-order valence-corrected chi connectivity index (χ2v) is 4.71. The van der Waals surface area contributed by atoms with E-state index in [1.807, 2.05) is 13.0 Å². The molecule has 0 aliphatic heterocycles. The molecule has 0 amide bonds. The maximum Gasteiger partial charge on any atom is 0.0547 e. The maximum absolute atomic E-state index is 5.47. The van der Waals surface area contributed by atoms with E-state index >= 15 is 0 Å². The summed E-state index contributed by atoms with van der Waals surface area (Å²) in [5.74, 6) is 0. The molecule has 0 aromatic carbocycles. The summed E-state index contributed by atoms with van der Waals surface area (Å²) >= 11 is 0. The minimum atomic E-state index is 0.822. The number of hydrogen-bond donors (Lipinski definition) is 1. The average Bonchev–Trinajstić information content (AvgIpc) is 2.29. The first kappa shape index (κ1) is 14.1. The third-order valence-electron chi connectivity index (χ3n) is 2.87. The van der Waals surface area contributed by atoms with Crippen LogP contribution in [0.4, 0.5) is 0 Å². The lowest BCUT2D eigenvalue weighted by Crippen LogP contribution is -2.19. The van der Waals surface area contributed by atoms with Crippen molar-refractivity contribution in [2.75, 3.05) is 20.1 Å². The van der Waals surface area contributed by atoms with E-state index in [1.54, 1.807) is 0 Å². The van der Waals surface area contributed by atoms with Crippen LogP contribution in [0.2, 0.25) is 0 Å². The van der Waals surface area contributed by atoms with E-state index in [0.717, 1.165) is 37.4 Å². The first-order valence-corrected chi connectivity index (χ1v) is 6.53. The molecule has 0 spiro atoms. The number of nitrogens with two attached hydrogens (primary N) is 1. The van der Waals surface area contributed by atoms with E-state index in [2.05, 4.69) is 29.1 Å². The second kappa shape index (κ2) is 8.20. The molecule has 3 heteroatoms. The minimum Gasteiger partial charge on any atom is -0.330 e. The average molecular weight is 235 g/mol. The fourth-order valence-electron chi connectivity index (χ4n) is 1.92. The fourth-order valence-corrected chi connectivity index (χ4v) is 1.92. The SMILES string of the molecule is Cc1cccc(CN(C)CCCCCCN)n1. The van der Waals surface area contributed by atoms with Gasteiger partial charge in [0.15, 0.2) is 0 Å². The number of hydrogen-bond acceptors (Lipinski definition) is 3. The van der Waals surface area contributed by atoms with Crippen molar-refractivity contribution in [3.8, 4) is 0 Å². The molecule has 0 unspecified atom stereocenters. The largest absolute Gasteiger partial charge is 0.330 e. The van der Waals surface area contributed by atoms with Crippen LogP contribution in [0.1, 0.15) is 37.1 Å². The highest BCUT2D eigenvalue weighted by Crippen LogP contribution is 2.04. The van der Waals surface area contributed by atoms with Crippen molar-refractivity contribution in [1.29, 1.82) is 0 Å². The molecule has 0 bridgehead atoms. The molecule has 96 valence electrons. The van der Waals surface area contributed by atoms with Crippen molar-refractivity contribution >= 4 is 0 Å². The number of aromatic nitrogens is 1. The highest BCUT2D eigenvalue weighted by atomic mass is 15.1. The summed E-state index contributed by atoms with van der Waals surface area (Å²) in [4.78, 5) is 6.85. The Labute approximate surface area is 105 Å². The molecular formula is C14H25N3. The Morgan fingerprint density at radius 3 is 2.65 bits per heavy atom. The lowest BCUT2D eigenvalue weighted by molar-refractivity contribution is 0.313. The number of aryl methyl sites for hydroxylation is 1. The monoisotopic (exact) mass is 235 g/mol. The Bertz CT molecular complexity index is 312. The molecule has 0 atom stereocenters. The van der Waals surface area contributed by atoms with Crippen molar-refractivity contribution in [2.24, 2.45) is 5.73 Å². The summed E-state index contributed by atoms with van der Waals surface area (Å²) in [6.07, 6.45) is 4.95. The Balaban J connectivity index is 2.18. The standard InChI is InChI=1S/C14H25N3/c1-13-8-7-9-14(16-13)12-17(2)11-6-4-3-5-10-15/h7-9H,3-6,10-12,15H2,1-2H3. The van der Waals surface area contributed by atoms with Crippen LogP contribution in [-0.2, 0) is 6.54 Å². The molecule has 1 rings (SSSR count). The topological polar surface area (TPSA) is 42.1 Å². The Morgan fingerprint density at radius 1 is 1.18 bits per heavy atom. The molecule has 1 aromatic heterocycles. The van der Waals surface area contributed by atoms with E-state index in [1.165, 1.54) is 19.3 Å². The van der Waals surface area contributed by atoms with E-state index in [9.17, 15) is 0 Å². The van der Waals surface area contributed by atoms with Crippen LogP contribution in [0.15, 0.2) is 18.2 Å². The zero-order valence-electron chi connectivity index (χ0n) is 11.2. The minimum absolute atomic E-state index is 0.822. The molecule has 0 radical (unpaired) electrons. The van der Waals surface area contributed by atoms with Crippen LogP contribution in [0, 0.1) is 6.92 Å². The normalized spacial score (nSPS) is 11.1. The van der Waals surface area contributed by atoms with Crippen LogP contribution in [0.5, 0.6) is 0 Å². The van der Waals surface area contributed by atoms with E-state index in [4.69, 9.17) is 5.73 Å². The van der Waals surface area contributed by atoms with Gasteiger partial charge in [-0.25, -0.2) is 0 Å². The van der Waals surface area contributed by atoms with E-state index < -0.39 is 0 Å². The quantitative estimate of drug-likeness (QED) is 0.703. The zero-order valence-corrected chi connectivity index (χ0v) is 11.2. The maximum atomic E-state index is 5.47. The van der Waals surface area contributed by atoms with Gasteiger partial charge in [0, 0.05) is 12.2 Å². The fraction of sp³-hybridized carbons (Fsp3) is 0.643. The molecule has 1 aromatic rings. The summed E-state index contributed by atoms with van der Waals surface area (Å²) in [6.45, 7) is 4.94. The summed E-state index contributed by atoms with van der Waals surface area (Å²) < 4.78 is 0. The van der Waals surface area contributed by atoms with Crippen LogP contribution < -0.4 is 5.73 Å². The molecule has 2 N–H and O–H groups in total. The Hall–Kier alpha value is -0.930. The number of rotatable bonds is 8. The second-order valence-electron chi connectivity index (χ2n) is 4.71. The molecule has 0 saturated heterocycles. The third-order valence-corrected chi connectivity index (χ3v) is 2.87. The lowest BCUT2D eigenvalue weighted by atomic mass is 10.2. The van der Waals surface area contributed by atoms with Gasteiger partial charge in [0.1, 0.15) is 0 Å². The molecule has 0 saturated carbocycles. The smallest absolute Gasteiger partial charge is 0.0547 e. The van der Waals surface area contributed by atoms with Gasteiger partial charge in [-0.2, -0.15) is 0 Å². The summed E-state index contributed by atoms with van der Waals surface area (Å²) in [7, 11) is 2.16. The van der Waals surface area contributed by atoms with Gasteiger partial charge < -0.3 is 10.6 Å². The van der Waals surface area contributed by atoms with Crippen LogP contribution in [-0.4, -0.2) is 30.0 Å². The van der Waals surface area contributed by atoms with Gasteiger partial charge in [0.2, 0.25) is 0 Å². The lowest BCUT2D eigenvalue weighted by Gasteiger charge is -2.16. The van der Waals surface area contributed by atoms with Crippen molar-refractivity contribution < 1.29 is 0 Å². The summed E-state index contributed by atoms with van der Waals surface area (Å²) in [5.41, 5.74) is 7.73. The first-order chi connectivity index (χ1) is 8.22. The molecule has 3 nitrogen and oxygen atoms in total. The van der Waals surface area contributed by atoms with Crippen LogP contribution >= 0.6 is 0 Å². The van der Waals surface area contributed by atoms with Gasteiger partial charge in [0.25, 0.3) is 0 Å². The van der Waals surface area contributed by atoms with Gasteiger partial charge in [-0.15, -0.1) is 0 Å². The molecular weight excluding hydrogens is 210 g/mol. The Morgan fingerprint density at radius 2 is 1.94 bits per heavy atom. The molecule has 17 heavy (non-hydrogen) atoms. The Kier molecular flexibility index (Phi) is 6.82. The molecule has 1 heterocycles. The van der Waals surface area contributed by atoms with Crippen molar-refractivity contribution in [3.63, 3.8) is 0 Å². The highest BCUT2D eigenvalue weighted by molar-refractivity contribution is 5.09. The number of pyridine rings is 1. The molecule has 0 aliphatic carbocycles. The van der Waals surface area contributed by atoms with Crippen molar-refractivity contribution in [3.05, 3.63) is 29.6 Å². The van der Waals surface area contributed by atoms with Gasteiger partial charge in [0.05, 0.1) is 5.69 Å². The zero-order chi connectivity index (χ0) is 12.5. The first-order valence-electron chi connectivity index (χ1n) is 6.53. The van der Waals surface area contributed by atoms with Gasteiger partial charge >= 0.3 is 0 Å². The number of unbranched alkanes of at least 4 members (excludes halogenated alkanes) is 3. The van der Waals surface area contributed by atoms with Crippen molar-refractivity contribution in [1.82, 2.24) is 9.88 Å².